The zero-order chi connectivity index (χ0) is 18.1. The molecule has 0 spiro atoms. The lowest BCUT2D eigenvalue weighted by Gasteiger charge is -2.19. The Kier molecular flexibility index (Phi) is 8.25. The first-order valence-corrected chi connectivity index (χ1v) is 10.2. The van der Waals surface area contributed by atoms with Gasteiger partial charge in [-0.25, -0.2) is 8.42 Å². The molecule has 0 saturated carbocycles. The minimum atomic E-state index is -3.11. The molecule has 24 heavy (non-hydrogen) atoms. The lowest BCUT2D eigenvalue weighted by atomic mass is 10.1. The third-order valence-electron chi connectivity index (χ3n) is 3.68. The summed E-state index contributed by atoms with van der Waals surface area (Å²) >= 11 is 0. The zero-order valence-corrected chi connectivity index (χ0v) is 16.1. The molecule has 0 atom stereocenters. The molecule has 0 radical (unpaired) electrons. The molecule has 0 saturated heterocycles. The lowest BCUT2D eigenvalue weighted by molar-refractivity contribution is 0.559. The van der Waals surface area contributed by atoms with Crippen LogP contribution in [-0.2, 0) is 16.3 Å². The molecule has 0 fully saturated rings. The molecule has 0 aliphatic rings. The highest BCUT2D eigenvalue weighted by atomic mass is 32.2. The van der Waals surface area contributed by atoms with Crippen LogP contribution in [-0.4, -0.2) is 44.5 Å². The van der Waals surface area contributed by atoms with Crippen molar-refractivity contribution in [1.29, 1.82) is 0 Å². The van der Waals surface area contributed by atoms with Crippen molar-refractivity contribution in [3.8, 4) is 0 Å². The Morgan fingerprint density at radius 1 is 1.12 bits per heavy atom. The van der Waals surface area contributed by atoms with Crippen LogP contribution in [0.5, 0.6) is 0 Å². The first kappa shape index (κ1) is 20.5. The van der Waals surface area contributed by atoms with E-state index >= 15 is 0 Å². The maximum Gasteiger partial charge on any atom is 0.191 e. The molecule has 0 aliphatic heterocycles. The summed E-state index contributed by atoms with van der Waals surface area (Å²) in [5.74, 6) is 0.778. The summed E-state index contributed by atoms with van der Waals surface area (Å²) in [4.78, 5) is 4.51. The molecule has 136 valence electrons. The molecule has 0 aromatic heterocycles. The van der Waals surface area contributed by atoms with Crippen molar-refractivity contribution in [1.82, 2.24) is 10.6 Å². The molecular weight excluding hydrogens is 322 g/mol. The number of aliphatic imine (C=N–C) groups is 1. The van der Waals surface area contributed by atoms with Gasteiger partial charge in [0.15, 0.2) is 15.8 Å². The van der Waals surface area contributed by atoms with E-state index in [1.807, 2.05) is 25.1 Å². The van der Waals surface area contributed by atoms with Crippen LogP contribution in [0.15, 0.2) is 35.3 Å². The Labute approximate surface area is 146 Å². The lowest BCUT2D eigenvalue weighted by Crippen LogP contribution is -2.41. The third-order valence-corrected chi connectivity index (χ3v) is 6.28. The van der Waals surface area contributed by atoms with Gasteiger partial charge in [-0.15, -0.1) is 0 Å². The maximum atomic E-state index is 12.1. The van der Waals surface area contributed by atoms with E-state index in [1.54, 1.807) is 20.8 Å². The first-order valence-electron chi connectivity index (χ1n) is 8.54. The normalized spacial score (nSPS) is 12.9. The van der Waals surface area contributed by atoms with Gasteiger partial charge in [0.05, 0.1) is 10.5 Å². The van der Waals surface area contributed by atoms with Crippen molar-refractivity contribution in [2.75, 3.05) is 25.4 Å². The number of nitrogens with zero attached hydrogens (tertiary/aromatic N) is 1. The van der Waals surface area contributed by atoms with E-state index in [9.17, 15) is 8.42 Å². The number of guanidine groups is 1. The second kappa shape index (κ2) is 9.67. The highest BCUT2D eigenvalue weighted by molar-refractivity contribution is 7.92. The fraction of sp³-hybridized carbons (Fsp3) is 0.611. The largest absolute Gasteiger partial charge is 0.357 e. The summed E-state index contributed by atoms with van der Waals surface area (Å²) in [5, 5.41) is 6.26. The molecule has 1 aromatic carbocycles. The van der Waals surface area contributed by atoms with Crippen molar-refractivity contribution in [3.63, 3.8) is 0 Å². The maximum absolute atomic E-state index is 12.1. The summed E-state index contributed by atoms with van der Waals surface area (Å²) in [5.41, 5.74) is 1.31. The van der Waals surface area contributed by atoms with E-state index in [1.165, 1.54) is 5.56 Å². The Hall–Kier alpha value is -1.56. The zero-order valence-electron chi connectivity index (χ0n) is 15.3. The van der Waals surface area contributed by atoms with Gasteiger partial charge in [-0.05, 0) is 46.1 Å². The number of benzene rings is 1. The van der Waals surface area contributed by atoms with Crippen LogP contribution in [0.2, 0.25) is 0 Å². The molecular formula is C18H31N3O2S. The van der Waals surface area contributed by atoms with Crippen molar-refractivity contribution in [3.05, 3.63) is 35.9 Å². The number of nitrogens with one attached hydrogen (secondary N) is 2. The van der Waals surface area contributed by atoms with Crippen LogP contribution in [0.1, 0.15) is 39.7 Å². The SMILES string of the molecule is CCNC(=NCCCc1ccccc1)NCCS(=O)(=O)C(C)(C)C. The van der Waals surface area contributed by atoms with Gasteiger partial charge < -0.3 is 10.6 Å². The van der Waals surface area contributed by atoms with E-state index in [0.717, 1.165) is 19.4 Å². The third kappa shape index (κ3) is 7.34. The van der Waals surface area contributed by atoms with Gasteiger partial charge in [0, 0.05) is 19.6 Å². The van der Waals surface area contributed by atoms with Gasteiger partial charge in [-0.1, -0.05) is 30.3 Å². The van der Waals surface area contributed by atoms with E-state index < -0.39 is 14.6 Å². The molecule has 1 rings (SSSR count). The van der Waals surface area contributed by atoms with Crippen LogP contribution < -0.4 is 10.6 Å². The van der Waals surface area contributed by atoms with Crippen LogP contribution in [0.3, 0.4) is 0 Å². The molecule has 5 nitrogen and oxygen atoms in total. The summed E-state index contributed by atoms with van der Waals surface area (Å²) in [6, 6.07) is 10.3. The van der Waals surface area contributed by atoms with Crippen molar-refractivity contribution in [2.45, 2.75) is 45.3 Å². The standard InChI is InChI=1S/C18H31N3O2S/c1-5-19-17(21-14-15-24(22,23)18(2,3)4)20-13-9-12-16-10-7-6-8-11-16/h6-8,10-11H,5,9,12-15H2,1-4H3,(H2,19,20,21). The summed E-state index contributed by atoms with van der Waals surface area (Å²) < 4.78 is 23.5. The summed E-state index contributed by atoms with van der Waals surface area (Å²) in [7, 11) is -3.11. The minimum absolute atomic E-state index is 0.102. The number of hydrogen-bond acceptors (Lipinski definition) is 3. The Balaban J connectivity index is 2.42. The Morgan fingerprint density at radius 2 is 1.79 bits per heavy atom. The molecule has 0 amide bonds. The quantitative estimate of drug-likeness (QED) is 0.428. The van der Waals surface area contributed by atoms with Gasteiger partial charge in [-0.3, -0.25) is 4.99 Å². The van der Waals surface area contributed by atoms with E-state index in [0.29, 0.717) is 19.0 Å². The molecule has 6 heteroatoms. The average molecular weight is 354 g/mol. The van der Waals surface area contributed by atoms with Gasteiger partial charge in [0.2, 0.25) is 0 Å². The number of aryl methyl sites for hydroxylation is 1. The minimum Gasteiger partial charge on any atom is -0.357 e. The van der Waals surface area contributed by atoms with Gasteiger partial charge in [0.1, 0.15) is 0 Å². The van der Waals surface area contributed by atoms with Crippen molar-refractivity contribution >= 4 is 15.8 Å². The predicted octanol–water partition coefficient (Wildman–Crippen LogP) is 2.39. The van der Waals surface area contributed by atoms with Crippen molar-refractivity contribution in [2.24, 2.45) is 4.99 Å². The molecule has 0 bridgehead atoms. The van der Waals surface area contributed by atoms with Gasteiger partial charge in [0.25, 0.3) is 0 Å². The average Bonchev–Trinajstić information content (AvgIpc) is 2.51. The van der Waals surface area contributed by atoms with Crippen molar-refractivity contribution < 1.29 is 8.42 Å². The Bertz CT molecular complexity index is 605. The number of hydrogen-bond donors (Lipinski definition) is 2. The topological polar surface area (TPSA) is 70.6 Å². The van der Waals surface area contributed by atoms with Gasteiger partial charge >= 0.3 is 0 Å². The number of sulfone groups is 1. The van der Waals surface area contributed by atoms with E-state index in [-0.39, 0.29) is 5.75 Å². The predicted molar refractivity (Wildman–Crippen MR) is 102 cm³/mol. The second-order valence-electron chi connectivity index (χ2n) is 6.71. The highest BCUT2D eigenvalue weighted by Gasteiger charge is 2.28. The number of rotatable bonds is 8. The fourth-order valence-electron chi connectivity index (χ4n) is 2.07. The van der Waals surface area contributed by atoms with Gasteiger partial charge in [-0.2, -0.15) is 0 Å². The van der Waals surface area contributed by atoms with Crippen LogP contribution >= 0.6 is 0 Å². The van der Waals surface area contributed by atoms with Crippen LogP contribution in [0.25, 0.3) is 0 Å². The van der Waals surface area contributed by atoms with Crippen LogP contribution in [0, 0.1) is 0 Å². The molecule has 0 heterocycles. The summed E-state index contributed by atoms with van der Waals surface area (Å²) in [6.45, 7) is 8.99. The second-order valence-corrected chi connectivity index (χ2v) is 9.57. The summed E-state index contributed by atoms with van der Waals surface area (Å²) in [6.07, 6.45) is 1.95. The van der Waals surface area contributed by atoms with E-state index in [4.69, 9.17) is 0 Å². The molecule has 2 N–H and O–H groups in total. The molecule has 1 aromatic rings. The first-order chi connectivity index (χ1) is 11.3. The molecule has 0 aliphatic carbocycles. The van der Waals surface area contributed by atoms with Crippen LogP contribution in [0.4, 0.5) is 0 Å². The van der Waals surface area contributed by atoms with E-state index in [2.05, 4.69) is 27.8 Å². The fourth-order valence-corrected chi connectivity index (χ4v) is 3.05. The highest BCUT2D eigenvalue weighted by Crippen LogP contribution is 2.15. The monoisotopic (exact) mass is 353 g/mol. The smallest absolute Gasteiger partial charge is 0.191 e. The molecule has 0 unspecified atom stereocenters. The Morgan fingerprint density at radius 3 is 2.38 bits per heavy atom.